The molecule has 0 fully saturated rings. The van der Waals surface area contributed by atoms with Crippen molar-refractivity contribution in [3.63, 3.8) is 0 Å². The molecule has 0 heterocycles. The van der Waals surface area contributed by atoms with Gasteiger partial charge in [-0.25, -0.2) is 0 Å². The standard InChI is InChI=1S/C25H34N2O3/c1-7-23(28)26-20-10-8-11-21(19(20)4)27-24(29)25(5,6)14-9-15-30-22-16-17(2)12-13-18(22)3/h8,10-13,16H,7,9,14-15H2,1-6H3,(H,26,28)(H,27,29). The van der Waals surface area contributed by atoms with Gasteiger partial charge in [-0.05, 0) is 68.5 Å². The van der Waals surface area contributed by atoms with E-state index in [1.807, 2.05) is 65.8 Å². The Morgan fingerprint density at radius 1 is 1.00 bits per heavy atom. The van der Waals surface area contributed by atoms with Crippen LogP contribution in [-0.4, -0.2) is 18.4 Å². The summed E-state index contributed by atoms with van der Waals surface area (Å²) >= 11 is 0. The molecule has 0 saturated heterocycles. The van der Waals surface area contributed by atoms with Gasteiger partial charge < -0.3 is 15.4 Å². The Labute approximate surface area is 180 Å². The molecule has 0 radical (unpaired) electrons. The Balaban J connectivity index is 1.93. The van der Waals surface area contributed by atoms with Crippen LogP contribution in [0.15, 0.2) is 36.4 Å². The molecule has 162 valence electrons. The molecule has 5 heteroatoms. The molecular formula is C25H34N2O3. The van der Waals surface area contributed by atoms with Crippen molar-refractivity contribution in [1.82, 2.24) is 0 Å². The average molecular weight is 411 g/mol. The lowest BCUT2D eigenvalue weighted by Gasteiger charge is -2.24. The summed E-state index contributed by atoms with van der Waals surface area (Å²) in [5.41, 5.74) is 4.03. The van der Waals surface area contributed by atoms with Gasteiger partial charge >= 0.3 is 0 Å². The predicted molar refractivity (Wildman–Crippen MR) is 123 cm³/mol. The molecule has 0 aliphatic heterocycles. The topological polar surface area (TPSA) is 67.4 Å². The van der Waals surface area contributed by atoms with Gasteiger partial charge in [0.05, 0.1) is 6.61 Å². The monoisotopic (exact) mass is 410 g/mol. The summed E-state index contributed by atoms with van der Waals surface area (Å²) in [6, 6.07) is 11.7. The third-order valence-electron chi connectivity index (χ3n) is 5.34. The van der Waals surface area contributed by atoms with Crippen LogP contribution < -0.4 is 15.4 Å². The molecule has 5 nitrogen and oxygen atoms in total. The fourth-order valence-electron chi connectivity index (χ4n) is 3.11. The van der Waals surface area contributed by atoms with E-state index in [0.717, 1.165) is 29.0 Å². The number of hydrogen-bond acceptors (Lipinski definition) is 3. The van der Waals surface area contributed by atoms with Crippen molar-refractivity contribution >= 4 is 23.2 Å². The van der Waals surface area contributed by atoms with Crippen LogP contribution in [0.4, 0.5) is 11.4 Å². The Morgan fingerprint density at radius 2 is 1.67 bits per heavy atom. The highest BCUT2D eigenvalue weighted by atomic mass is 16.5. The third kappa shape index (κ3) is 6.34. The van der Waals surface area contributed by atoms with E-state index in [-0.39, 0.29) is 11.8 Å². The summed E-state index contributed by atoms with van der Waals surface area (Å²) in [5, 5.41) is 5.90. The fourth-order valence-corrected chi connectivity index (χ4v) is 3.11. The normalized spacial score (nSPS) is 11.1. The van der Waals surface area contributed by atoms with Crippen molar-refractivity contribution in [3.8, 4) is 5.75 Å². The maximum atomic E-state index is 12.9. The molecule has 2 rings (SSSR count). The molecule has 0 atom stereocenters. The largest absolute Gasteiger partial charge is 0.493 e. The molecule has 30 heavy (non-hydrogen) atoms. The first-order valence-electron chi connectivity index (χ1n) is 10.5. The Bertz CT molecular complexity index is 903. The molecule has 0 saturated carbocycles. The van der Waals surface area contributed by atoms with Gasteiger partial charge in [0.25, 0.3) is 0 Å². The number of benzene rings is 2. The number of hydrogen-bond donors (Lipinski definition) is 2. The molecule has 0 aliphatic rings. The van der Waals surface area contributed by atoms with Crippen LogP contribution >= 0.6 is 0 Å². The van der Waals surface area contributed by atoms with Crippen molar-refractivity contribution in [2.45, 2.75) is 60.8 Å². The van der Waals surface area contributed by atoms with Crippen molar-refractivity contribution in [3.05, 3.63) is 53.1 Å². The second kappa shape index (κ2) is 10.3. The van der Waals surface area contributed by atoms with Gasteiger partial charge in [-0.3, -0.25) is 9.59 Å². The molecule has 0 aliphatic carbocycles. The van der Waals surface area contributed by atoms with Crippen LogP contribution in [0.5, 0.6) is 5.75 Å². The molecule has 2 N–H and O–H groups in total. The number of rotatable bonds is 9. The quantitative estimate of drug-likeness (QED) is 0.515. The molecule has 0 spiro atoms. The summed E-state index contributed by atoms with van der Waals surface area (Å²) < 4.78 is 5.92. The Kier molecular flexibility index (Phi) is 8.04. The van der Waals surface area contributed by atoms with E-state index in [0.29, 0.717) is 25.1 Å². The van der Waals surface area contributed by atoms with E-state index in [2.05, 4.69) is 22.8 Å². The fraction of sp³-hybridized carbons (Fsp3) is 0.440. The van der Waals surface area contributed by atoms with E-state index in [1.54, 1.807) is 0 Å². The highest BCUT2D eigenvalue weighted by molar-refractivity contribution is 5.97. The van der Waals surface area contributed by atoms with Crippen molar-refractivity contribution < 1.29 is 14.3 Å². The zero-order chi connectivity index (χ0) is 22.3. The van der Waals surface area contributed by atoms with Gasteiger partial charge in [-0.1, -0.05) is 39.0 Å². The maximum Gasteiger partial charge on any atom is 0.230 e. The second-order valence-corrected chi connectivity index (χ2v) is 8.44. The number of aryl methyl sites for hydroxylation is 2. The smallest absolute Gasteiger partial charge is 0.230 e. The van der Waals surface area contributed by atoms with E-state index in [1.165, 1.54) is 5.56 Å². The number of ether oxygens (including phenoxy) is 1. The lowest BCUT2D eigenvalue weighted by Crippen LogP contribution is -2.31. The molecule has 2 aromatic carbocycles. The second-order valence-electron chi connectivity index (χ2n) is 8.44. The minimum atomic E-state index is -0.542. The molecule has 0 bridgehead atoms. The lowest BCUT2D eigenvalue weighted by molar-refractivity contribution is -0.124. The zero-order valence-corrected chi connectivity index (χ0v) is 19.0. The van der Waals surface area contributed by atoms with Crippen LogP contribution in [0.2, 0.25) is 0 Å². The SMILES string of the molecule is CCC(=O)Nc1cccc(NC(=O)C(C)(C)CCCOc2cc(C)ccc2C)c1C. The first-order chi connectivity index (χ1) is 14.1. The van der Waals surface area contributed by atoms with E-state index < -0.39 is 5.41 Å². The molecule has 0 aromatic heterocycles. The first-order valence-corrected chi connectivity index (χ1v) is 10.5. The van der Waals surface area contributed by atoms with Crippen LogP contribution in [-0.2, 0) is 9.59 Å². The van der Waals surface area contributed by atoms with Crippen molar-refractivity contribution in [1.29, 1.82) is 0 Å². The number of anilines is 2. The van der Waals surface area contributed by atoms with Crippen LogP contribution in [0.1, 0.15) is 56.7 Å². The third-order valence-corrected chi connectivity index (χ3v) is 5.34. The molecule has 2 amide bonds. The number of carbonyl (C=O) groups excluding carboxylic acids is 2. The molecular weight excluding hydrogens is 376 g/mol. The Hall–Kier alpha value is -2.82. The van der Waals surface area contributed by atoms with Crippen LogP contribution in [0.3, 0.4) is 0 Å². The van der Waals surface area contributed by atoms with Gasteiger partial charge in [0.15, 0.2) is 0 Å². The summed E-state index contributed by atoms with van der Waals surface area (Å²) in [7, 11) is 0. The van der Waals surface area contributed by atoms with Crippen LogP contribution in [0.25, 0.3) is 0 Å². The van der Waals surface area contributed by atoms with E-state index in [4.69, 9.17) is 4.74 Å². The summed E-state index contributed by atoms with van der Waals surface area (Å²) in [5.74, 6) is 0.806. The highest BCUT2D eigenvalue weighted by Crippen LogP contribution is 2.29. The molecule has 0 unspecified atom stereocenters. The number of carbonyl (C=O) groups is 2. The van der Waals surface area contributed by atoms with Gasteiger partial charge in [0.1, 0.15) is 5.75 Å². The minimum Gasteiger partial charge on any atom is -0.493 e. The minimum absolute atomic E-state index is 0.0451. The van der Waals surface area contributed by atoms with Gasteiger partial charge in [0, 0.05) is 23.2 Å². The van der Waals surface area contributed by atoms with Crippen LogP contribution in [0, 0.1) is 26.2 Å². The number of amides is 2. The summed E-state index contributed by atoms with van der Waals surface area (Å²) in [6.07, 6.45) is 1.89. The average Bonchev–Trinajstić information content (AvgIpc) is 2.70. The van der Waals surface area contributed by atoms with Gasteiger partial charge in [-0.2, -0.15) is 0 Å². The predicted octanol–water partition coefficient (Wildman–Crippen LogP) is 5.78. The first kappa shape index (κ1) is 23.5. The zero-order valence-electron chi connectivity index (χ0n) is 19.0. The van der Waals surface area contributed by atoms with Gasteiger partial charge in [-0.15, -0.1) is 0 Å². The van der Waals surface area contributed by atoms with Crippen molar-refractivity contribution in [2.24, 2.45) is 5.41 Å². The molecule has 2 aromatic rings. The lowest BCUT2D eigenvalue weighted by atomic mass is 9.86. The van der Waals surface area contributed by atoms with Crippen molar-refractivity contribution in [2.75, 3.05) is 17.2 Å². The van der Waals surface area contributed by atoms with Gasteiger partial charge in [0.2, 0.25) is 11.8 Å². The maximum absolute atomic E-state index is 12.9. The number of nitrogens with one attached hydrogen (secondary N) is 2. The summed E-state index contributed by atoms with van der Waals surface area (Å²) in [6.45, 7) is 12.2. The van der Waals surface area contributed by atoms with E-state index >= 15 is 0 Å². The highest BCUT2D eigenvalue weighted by Gasteiger charge is 2.27. The Morgan fingerprint density at radius 3 is 2.33 bits per heavy atom. The van der Waals surface area contributed by atoms with E-state index in [9.17, 15) is 9.59 Å². The summed E-state index contributed by atoms with van der Waals surface area (Å²) in [4.78, 5) is 24.6.